The van der Waals surface area contributed by atoms with Gasteiger partial charge in [0.1, 0.15) is 12.4 Å². The average Bonchev–Trinajstić information content (AvgIpc) is 3.14. The zero-order valence-corrected chi connectivity index (χ0v) is 11.1. The minimum atomic E-state index is 0.295. The van der Waals surface area contributed by atoms with Crippen molar-refractivity contribution in [3.63, 3.8) is 0 Å². The number of nitrogens with one attached hydrogen (secondary N) is 1. The summed E-state index contributed by atoms with van der Waals surface area (Å²) >= 11 is 0. The first-order chi connectivity index (χ1) is 9.36. The van der Waals surface area contributed by atoms with Gasteiger partial charge >= 0.3 is 0 Å². The van der Waals surface area contributed by atoms with Gasteiger partial charge in [0, 0.05) is 24.2 Å². The van der Waals surface area contributed by atoms with E-state index in [0.29, 0.717) is 19.4 Å². The van der Waals surface area contributed by atoms with Gasteiger partial charge in [0.05, 0.1) is 0 Å². The van der Waals surface area contributed by atoms with Crippen LogP contribution in [0.2, 0.25) is 0 Å². The van der Waals surface area contributed by atoms with Gasteiger partial charge in [0.25, 0.3) is 0 Å². The largest absolute Gasteiger partial charge is 0.489 e. The Morgan fingerprint density at radius 3 is 2.84 bits per heavy atom. The molecule has 0 radical (unpaired) electrons. The first-order valence-electron chi connectivity index (χ1n) is 6.76. The molecule has 4 nitrogen and oxygen atoms in total. The Balaban J connectivity index is 1.76. The Hall–Kier alpha value is -1.68. The van der Waals surface area contributed by atoms with Gasteiger partial charge < -0.3 is 19.5 Å². The van der Waals surface area contributed by atoms with E-state index < -0.39 is 0 Å². The monoisotopic (exact) mass is 261 g/mol. The highest BCUT2D eigenvalue weighted by atomic mass is 16.7. The Morgan fingerprint density at radius 2 is 2.11 bits per heavy atom. The van der Waals surface area contributed by atoms with Crippen LogP contribution in [0, 0.1) is 0 Å². The fourth-order valence-electron chi connectivity index (χ4n) is 2.01. The third kappa shape index (κ3) is 3.01. The zero-order chi connectivity index (χ0) is 13.1. The Bertz CT molecular complexity index is 481. The van der Waals surface area contributed by atoms with Crippen LogP contribution < -0.4 is 19.5 Å². The van der Waals surface area contributed by atoms with E-state index in [9.17, 15) is 0 Å². The van der Waals surface area contributed by atoms with Gasteiger partial charge in [-0.1, -0.05) is 12.2 Å². The molecule has 1 aromatic carbocycles. The number of allylic oxidation sites excluding steroid dienone is 1. The van der Waals surface area contributed by atoms with E-state index in [1.54, 1.807) is 0 Å². The summed E-state index contributed by atoms with van der Waals surface area (Å²) in [5.74, 6) is 2.45. The van der Waals surface area contributed by atoms with Crippen molar-refractivity contribution in [1.82, 2.24) is 5.32 Å². The number of hydrogen-bond acceptors (Lipinski definition) is 4. The third-order valence-electron chi connectivity index (χ3n) is 3.29. The van der Waals surface area contributed by atoms with Crippen molar-refractivity contribution in [3.8, 4) is 17.2 Å². The van der Waals surface area contributed by atoms with E-state index >= 15 is 0 Å². The first-order valence-corrected chi connectivity index (χ1v) is 6.76. The van der Waals surface area contributed by atoms with Crippen molar-refractivity contribution in [2.75, 3.05) is 13.4 Å². The summed E-state index contributed by atoms with van der Waals surface area (Å²) in [6.45, 7) is 3.67. The number of ether oxygens (including phenoxy) is 3. The highest BCUT2D eigenvalue weighted by Crippen LogP contribution is 2.38. The maximum atomic E-state index is 5.79. The van der Waals surface area contributed by atoms with E-state index in [1.165, 1.54) is 12.8 Å². The molecule has 1 heterocycles. The van der Waals surface area contributed by atoms with Crippen LogP contribution in [-0.4, -0.2) is 19.4 Å². The smallest absolute Gasteiger partial charge is 0.231 e. The van der Waals surface area contributed by atoms with E-state index in [4.69, 9.17) is 14.2 Å². The molecular weight excluding hydrogens is 242 g/mol. The van der Waals surface area contributed by atoms with Crippen LogP contribution in [0.1, 0.15) is 25.3 Å². The quantitative estimate of drug-likeness (QED) is 0.799. The molecule has 102 valence electrons. The predicted octanol–water partition coefficient (Wildman–Crippen LogP) is 2.62. The fourth-order valence-corrected chi connectivity index (χ4v) is 2.01. The average molecular weight is 261 g/mol. The standard InChI is InChI=1S/C15H19NO3/c1-2-3-6-17-13-8-15-14(18-10-19-15)7-11(13)9-16-12-4-5-12/h2-3,7-8,12,16H,4-6,9-10H2,1H3. The molecule has 0 spiro atoms. The lowest BCUT2D eigenvalue weighted by Crippen LogP contribution is -2.16. The molecule has 0 saturated heterocycles. The highest BCUT2D eigenvalue weighted by Gasteiger charge is 2.22. The minimum absolute atomic E-state index is 0.295. The summed E-state index contributed by atoms with van der Waals surface area (Å²) in [4.78, 5) is 0. The summed E-state index contributed by atoms with van der Waals surface area (Å²) in [5.41, 5.74) is 1.13. The van der Waals surface area contributed by atoms with E-state index in [2.05, 4.69) is 5.32 Å². The van der Waals surface area contributed by atoms with Crippen molar-refractivity contribution in [2.45, 2.75) is 32.4 Å². The summed E-state index contributed by atoms with van der Waals surface area (Å²) in [6.07, 6.45) is 6.52. The first kappa shape index (κ1) is 12.4. The van der Waals surface area contributed by atoms with E-state index in [0.717, 1.165) is 29.4 Å². The second-order valence-electron chi connectivity index (χ2n) is 4.85. The van der Waals surface area contributed by atoms with Gasteiger partial charge in [-0.2, -0.15) is 0 Å². The molecule has 1 fully saturated rings. The Kier molecular flexibility index (Phi) is 3.60. The molecule has 0 bridgehead atoms. The molecular formula is C15H19NO3. The molecule has 1 aliphatic heterocycles. The number of benzene rings is 1. The van der Waals surface area contributed by atoms with Crippen LogP contribution in [0.5, 0.6) is 17.2 Å². The fraction of sp³-hybridized carbons (Fsp3) is 0.467. The Morgan fingerprint density at radius 1 is 1.32 bits per heavy atom. The molecule has 4 heteroatoms. The van der Waals surface area contributed by atoms with Crippen LogP contribution in [-0.2, 0) is 6.54 Å². The number of fused-ring (bicyclic) bond motifs is 1. The molecule has 1 saturated carbocycles. The van der Waals surface area contributed by atoms with Gasteiger partial charge in [0.2, 0.25) is 6.79 Å². The van der Waals surface area contributed by atoms with E-state index in [1.807, 2.05) is 31.2 Å². The maximum Gasteiger partial charge on any atom is 0.231 e. The number of hydrogen-bond donors (Lipinski definition) is 1. The van der Waals surface area contributed by atoms with Gasteiger partial charge in [-0.25, -0.2) is 0 Å². The molecule has 3 rings (SSSR count). The van der Waals surface area contributed by atoms with Crippen LogP contribution in [0.15, 0.2) is 24.3 Å². The molecule has 1 N–H and O–H groups in total. The second-order valence-corrected chi connectivity index (χ2v) is 4.85. The molecule has 2 aliphatic rings. The topological polar surface area (TPSA) is 39.7 Å². The van der Waals surface area contributed by atoms with Crippen molar-refractivity contribution in [3.05, 3.63) is 29.8 Å². The lowest BCUT2D eigenvalue weighted by atomic mass is 10.1. The molecule has 0 unspecified atom stereocenters. The van der Waals surface area contributed by atoms with Crippen molar-refractivity contribution in [1.29, 1.82) is 0 Å². The van der Waals surface area contributed by atoms with Crippen molar-refractivity contribution in [2.24, 2.45) is 0 Å². The molecule has 0 amide bonds. The summed E-state index contributed by atoms with van der Waals surface area (Å²) in [7, 11) is 0. The van der Waals surface area contributed by atoms with Gasteiger partial charge in [-0.15, -0.1) is 0 Å². The van der Waals surface area contributed by atoms with Crippen LogP contribution in [0.3, 0.4) is 0 Å². The lowest BCUT2D eigenvalue weighted by molar-refractivity contribution is 0.174. The zero-order valence-electron chi connectivity index (χ0n) is 11.1. The van der Waals surface area contributed by atoms with Crippen LogP contribution >= 0.6 is 0 Å². The Labute approximate surface area is 113 Å². The molecule has 0 aromatic heterocycles. The normalized spacial score (nSPS) is 17.1. The third-order valence-corrected chi connectivity index (χ3v) is 3.29. The van der Waals surface area contributed by atoms with E-state index in [-0.39, 0.29) is 0 Å². The van der Waals surface area contributed by atoms with Crippen LogP contribution in [0.4, 0.5) is 0 Å². The summed E-state index contributed by atoms with van der Waals surface area (Å²) in [5, 5.41) is 3.50. The molecule has 1 aromatic rings. The minimum Gasteiger partial charge on any atom is -0.489 e. The molecule has 1 aliphatic carbocycles. The highest BCUT2D eigenvalue weighted by molar-refractivity contribution is 5.51. The second kappa shape index (κ2) is 5.53. The number of rotatable bonds is 6. The maximum absolute atomic E-state index is 5.79. The molecule has 19 heavy (non-hydrogen) atoms. The van der Waals surface area contributed by atoms with Crippen LogP contribution in [0.25, 0.3) is 0 Å². The van der Waals surface area contributed by atoms with Gasteiger partial charge in [0.15, 0.2) is 11.5 Å². The van der Waals surface area contributed by atoms with Gasteiger partial charge in [-0.3, -0.25) is 0 Å². The molecule has 0 atom stereocenters. The lowest BCUT2D eigenvalue weighted by Gasteiger charge is -2.12. The summed E-state index contributed by atoms with van der Waals surface area (Å²) in [6, 6.07) is 4.62. The predicted molar refractivity (Wildman–Crippen MR) is 72.7 cm³/mol. The van der Waals surface area contributed by atoms with Gasteiger partial charge in [-0.05, 0) is 25.8 Å². The van der Waals surface area contributed by atoms with Crippen molar-refractivity contribution < 1.29 is 14.2 Å². The SMILES string of the molecule is CC=CCOc1cc2c(cc1CNC1CC1)OCO2. The summed E-state index contributed by atoms with van der Waals surface area (Å²) < 4.78 is 16.6. The van der Waals surface area contributed by atoms with Crippen molar-refractivity contribution >= 4 is 0 Å².